The fraction of sp³-hybridized carbons (Fsp3) is 0.385. The van der Waals surface area contributed by atoms with Crippen LogP contribution in [0.25, 0.3) is 0 Å². The largest absolute Gasteiger partial charge is 0.325 e. The van der Waals surface area contributed by atoms with Gasteiger partial charge in [-0.3, -0.25) is 9.59 Å². The number of carbonyl (C=O) groups is 2. The van der Waals surface area contributed by atoms with Crippen LogP contribution in [-0.4, -0.2) is 11.7 Å². The topological polar surface area (TPSA) is 46.2 Å². The lowest BCUT2D eigenvalue weighted by atomic mass is 9.87. The summed E-state index contributed by atoms with van der Waals surface area (Å²) in [6.45, 7) is 0. The van der Waals surface area contributed by atoms with Crippen molar-refractivity contribution in [2.75, 3.05) is 5.32 Å². The van der Waals surface area contributed by atoms with Crippen LogP contribution < -0.4 is 5.32 Å². The summed E-state index contributed by atoms with van der Waals surface area (Å²) in [5.74, 6) is -0.510. The molecule has 0 spiro atoms. The van der Waals surface area contributed by atoms with Gasteiger partial charge in [-0.25, -0.2) is 0 Å². The van der Waals surface area contributed by atoms with Crippen molar-refractivity contribution < 1.29 is 9.59 Å². The van der Waals surface area contributed by atoms with Gasteiger partial charge in [0, 0.05) is 12.1 Å². The lowest BCUT2D eigenvalue weighted by Gasteiger charge is -2.19. The van der Waals surface area contributed by atoms with Crippen molar-refractivity contribution in [2.24, 2.45) is 5.92 Å². The smallest absolute Gasteiger partial charge is 0.234 e. The van der Waals surface area contributed by atoms with Gasteiger partial charge in [-0.2, -0.15) is 0 Å². The Kier molecular flexibility index (Phi) is 3.34. The van der Waals surface area contributed by atoms with Gasteiger partial charge in [-0.15, -0.1) is 0 Å². The molecule has 0 saturated heterocycles. The summed E-state index contributed by atoms with van der Waals surface area (Å²) in [6, 6.07) is 9.26. The molecular weight excluding hydrogens is 202 g/mol. The number of ketones is 1. The fourth-order valence-electron chi connectivity index (χ4n) is 2.01. The number of Topliss-reactive ketones (excluding diaryl/α,β-unsaturated/α-hetero) is 1. The van der Waals surface area contributed by atoms with Crippen LogP contribution in [0.3, 0.4) is 0 Å². The van der Waals surface area contributed by atoms with E-state index in [9.17, 15) is 9.59 Å². The standard InChI is InChI=1S/C13H15NO2/c15-12-9-5-4-8-11(12)13(16)14-10-6-2-1-3-7-10/h1-3,6-7,11H,4-5,8-9H2,(H,14,16). The highest BCUT2D eigenvalue weighted by Gasteiger charge is 2.28. The first-order valence-corrected chi connectivity index (χ1v) is 5.66. The van der Waals surface area contributed by atoms with Gasteiger partial charge in [0.05, 0.1) is 5.92 Å². The second-order valence-electron chi connectivity index (χ2n) is 4.12. The number of carbonyl (C=O) groups excluding carboxylic acids is 2. The maximum atomic E-state index is 11.8. The number of anilines is 1. The maximum Gasteiger partial charge on any atom is 0.234 e. The predicted octanol–water partition coefficient (Wildman–Crippen LogP) is 2.38. The lowest BCUT2D eigenvalue weighted by Crippen LogP contribution is -2.31. The van der Waals surface area contributed by atoms with E-state index in [-0.39, 0.29) is 11.7 Å². The molecule has 0 radical (unpaired) electrons. The first kappa shape index (κ1) is 10.9. The highest BCUT2D eigenvalue weighted by molar-refractivity contribution is 6.07. The molecule has 1 fully saturated rings. The minimum absolute atomic E-state index is 0.0830. The molecule has 0 heterocycles. The zero-order chi connectivity index (χ0) is 11.4. The minimum Gasteiger partial charge on any atom is -0.325 e. The normalized spacial score (nSPS) is 20.5. The van der Waals surface area contributed by atoms with Gasteiger partial charge >= 0.3 is 0 Å². The number of rotatable bonds is 2. The van der Waals surface area contributed by atoms with Crippen LogP contribution >= 0.6 is 0 Å². The molecule has 84 valence electrons. The van der Waals surface area contributed by atoms with Crippen LogP contribution in [0.2, 0.25) is 0 Å². The number of para-hydroxylation sites is 1. The molecule has 1 N–H and O–H groups in total. The quantitative estimate of drug-likeness (QED) is 0.773. The monoisotopic (exact) mass is 217 g/mol. The fourth-order valence-corrected chi connectivity index (χ4v) is 2.01. The van der Waals surface area contributed by atoms with Crippen LogP contribution in [0.15, 0.2) is 30.3 Å². The van der Waals surface area contributed by atoms with Crippen molar-refractivity contribution in [3.05, 3.63) is 30.3 Å². The van der Waals surface area contributed by atoms with Crippen LogP contribution in [0.4, 0.5) is 5.69 Å². The summed E-state index contributed by atoms with van der Waals surface area (Å²) in [4.78, 5) is 23.4. The predicted molar refractivity (Wildman–Crippen MR) is 62.0 cm³/mol. The molecule has 1 aromatic carbocycles. The van der Waals surface area contributed by atoms with Gasteiger partial charge < -0.3 is 5.32 Å². The zero-order valence-electron chi connectivity index (χ0n) is 9.11. The molecule has 0 aliphatic heterocycles. The third kappa shape index (κ3) is 2.48. The number of hydrogen-bond donors (Lipinski definition) is 1. The molecule has 1 amide bonds. The lowest BCUT2D eigenvalue weighted by molar-refractivity contribution is -0.132. The maximum absolute atomic E-state index is 11.8. The molecule has 1 saturated carbocycles. The number of amides is 1. The molecular formula is C13H15NO2. The molecule has 0 bridgehead atoms. The van der Waals surface area contributed by atoms with Gasteiger partial charge in [-0.05, 0) is 25.0 Å². The molecule has 1 unspecified atom stereocenters. The van der Waals surface area contributed by atoms with E-state index in [1.807, 2.05) is 30.3 Å². The molecule has 3 heteroatoms. The van der Waals surface area contributed by atoms with Gasteiger partial charge in [0.15, 0.2) is 0 Å². The molecule has 1 aliphatic carbocycles. The molecule has 1 atom stereocenters. The second kappa shape index (κ2) is 4.92. The van der Waals surface area contributed by atoms with Crippen LogP contribution in [0.1, 0.15) is 25.7 Å². The summed E-state index contributed by atoms with van der Waals surface area (Å²) >= 11 is 0. The Labute approximate surface area is 94.9 Å². The first-order valence-electron chi connectivity index (χ1n) is 5.66. The average Bonchev–Trinajstić information content (AvgIpc) is 2.31. The van der Waals surface area contributed by atoms with Gasteiger partial charge in [-0.1, -0.05) is 24.6 Å². The highest BCUT2D eigenvalue weighted by atomic mass is 16.2. The molecule has 16 heavy (non-hydrogen) atoms. The average molecular weight is 217 g/mol. The Morgan fingerprint density at radius 2 is 1.94 bits per heavy atom. The number of nitrogens with one attached hydrogen (secondary N) is 1. The Bertz CT molecular complexity index is 386. The van der Waals surface area contributed by atoms with E-state index in [1.165, 1.54) is 0 Å². The molecule has 0 aromatic heterocycles. The summed E-state index contributed by atoms with van der Waals surface area (Å²) in [7, 11) is 0. The second-order valence-corrected chi connectivity index (χ2v) is 4.12. The van der Waals surface area contributed by atoms with Crippen molar-refractivity contribution in [3.8, 4) is 0 Å². The van der Waals surface area contributed by atoms with Crippen molar-refractivity contribution in [1.82, 2.24) is 0 Å². The van der Waals surface area contributed by atoms with Crippen LogP contribution in [0, 0.1) is 5.92 Å². The third-order valence-corrected chi connectivity index (χ3v) is 2.91. The van der Waals surface area contributed by atoms with Crippen molar-refractivity contribution in [3.63, 3.8) is 0 Å². The van der Waals surface area contributed by atoms with Gasteiger partial charge in [0.1, 0.15) is 5.78 Å². The molecule has 1 aliphatic rings. The van der Waals surface area contributed by atoms with Crippen LogP contribution in [0.5, 0.6) is 0 Å². The van der Waals surface area contributed by atoms with Crippen molar-refractivity contribution in [1.29, 1.82) is 0 Å². The number of benzene rings is 1. The van der Waals surface area contributed by atoms with E-state index in [1.54, 1.807) is 0 Å². The summed E-state index contributed by atoms with van der Waals surface area (Å²) < 4.78 is 0. The Hall–Kier alpha value is -1.64. The SMILES string of the molecule is O=C1CCCCC1C(=O)Nc1ccccc1. The highest BCUT2D eigenvalue weighted by Crippen LogP contribution is 2.22. The molecule has 2 rings (SSSR count). The summed E-state index contributed by atoms with van der Waals surface area (Å²) in [5.41, 5.74) is 0.755. The Balaban J connectivity index is 2.00. The van der Waals surface area contributed by atoms with Gasteiger partial charge in [0.2, 0.25) is 5.91 Å². The van der Waals surface area contributed by atoms with Gasteiger partial charge in [0.25, 0.3) is 0 Å². The van der Waals surface area contributed by atoms with E-state index >= 15 is 0 Å². The number of hydrogen-bond acceptors (Lipinski definition) is 2. The van der Waals surface area contributed by atoms with Crippen LogP contribution in [-0.2, 0) is 9.59 Å². The van der Waals surface area contributed by atoms with E-state index < -0.39 is 5.92 Å². The van der Waals surface area contributed by atoms with Crippen molar-refractivity contribution in [2.45, 2.75) is 25.7 Å². The Morgan fingerprint density at radius 3 is 2.62 bits per heavy atom. The summed E-state index contributed by atoms with van der Waals surface area (Å²) in [5, 5.41) is 2.78. The Morgan fingerprint density at radius 1 is 1.19 bits per heavy atom. The van der Waals surface area contributed by atoms with E-state index in [2.05, 4.69) is 5.32 Å². The first-order chi connectivity index (χ1) is 7.77. The van der Waals surface area contributed by atoms with Crippen molar-refractivity contribution >= 4 is 17.4 Å². The molecule has 3 nitrogen and oxygen atoms in total. The molecule has 1 aromatic rings. The third-order valence-electron chi connectivity index (χ3n) is 2.91. The van der Waals surface area contributed by atoms with E-state index in [4.69, 9.17) is 0 Å². The van der Waals surface area contributed by atoms with E-state index in [0.29, 0.717) is 12.8 Å². The zero-order valence-corrected chi connectivity index (χ0v) is 9.11. The van der Waals surface area contributed by atoms with E-state index in [0.717, 1.165) is 18.5 Å². The summed E-state index contributed by atoms with van der Waals surface area (Å²) in [6.07, 6.45) is 3.14. The minimum atomic E-state index is -0.436.